The second-order valence-corrected chi connectivity index (χ2v) is 9.06. The molecule has 0 bridgehead atoms. The van der Waals surface area contributed by atoms with Gasteiger partial charge in [-0.25, -0.2) is 4.79 Å². The molecule has 3 amide bonds. The van der Waals surface area contributed by atoms with Crippen LogP contribution >= 0.6 is 11.8 Å². The van der Waals surface area contributed by atoms with E-state index >= 15 is 0 Å². The number of carbonyl (C=O) groups is 6. The van der Waals surface area contributed by atoms with Crippen LogP contribution in [0.1, 0.15) is 46.0 Å². The Hall–Kier alpha value is -2.87. The lowest BCUT2D eigenvalue weighted by Crippen LogP contribution is -2.57. The van der Waals surface area contributed by atoms with Crippen molar-refractivity contribution >= 4 is 47.4 Å². The van der Waals surface area contributed by atoms with Crippen LogP contribution in [-0.4, -0.2) is 87.1 Å². The lowest BCUT2D eigenvalue weighted by atomic mass is 10.0. The molecule has 0 aromatic carbocycles. The molecule has 34 heavy (non-hydrogen) atoms. The average molecular weight is 507 g/mol. The van der Waals surface area contributed by atoms with E-state index in [2.05, 4.69) is 16.0 Å². The van der Waals surface area contributed by atoms with Crippen molar-refractivity contribution < 1.29 is 44.1 Å². The largest absolute Gasteiger partial charge is 0.481 e. The molecule has 0 saturated carbocycles. The molecule has 0 spiro atoms. The van der Waals surface area contributed by atoms with Crippen LogP contribution in [0.4, 0.5) is 0 Å². The van der Waals surface area contributed by atoms with Crippen molar-refractivity contribution in [3.63, 3.8) is 0 Å². The van der Waals surface area contributed by atoms with Gasteiger partial charge in [0, 0.05) is 6.42 Å². The molecule has 0 heterocycles. The fourth-order valence-electron chi connectivity index (χ4n) is 2.81. The predicted octanol–water partition coefficient (Wildman–Crippen LogP) is -1.01. The van der Waals surface area contributed by atoms with E-state index in [1.54, 1.807) is 13.8 Å². The van der Waals surface area contributed by atoms with Gasteiger partial charge in [-0.05, 0) is 37.2 Å². The maximum atomic E-state index is 12.8. The van der Waals surface area contributed by atoms with Gasteiger partial charge in [0.1, 0.15) is 18.1 Å². The normalized spacial score (nSPS) is 14.4. The summed E-state index contributed by atoms with van der Waals surface area (Å²) in [6, 6.07) is -5.23. The highest BCUT2D eigenvalue weighted by molar-refractivity contribution is 7.98. The first-order valence-corrected chi connectivity index (χ1v) is 12.0. The van der Waals surface area contributed by atoms with E-state index in [0.717, 1.165) is 0 Å². The number of aliphatic carboxylic acids is 3. The van der Waals surface area contributed by atoms with Crippen LogP contribution in [-0.2, 0) is 28.8 Å². The Kier molecular flexibility index (Phi) is 14.5. The third-order valence-corrected chi connectivity index (χ3v) is 5.23. The van der Waals surface area contributed by atoms with Crippen LogP contribution in [0, 0.1) is 5.92 Å². The number of carboxylic acids is 3. The topological polar surface area (TPSA) is 225 Å². The molecule has 0 aromatic heterocycles. The molecule has 0 aliphatic heterocycles. The standard InChI is InChI=1S/C20H34N4O9S/c1-10(2)8-13(18(30)22-12(20(32)33)4-5-15(25)26)24-19(31)14(9-16(27)28)23-17(29)11(21)6-7-34-3/h10-14H,4-9,21H2,1-3H3,(H,22,30)(H,23,29)(H,24,31)(H,25,26)(H,27,28)(H,32,33). The molecular formula is C20H34N4O9S. The minimum Gasteiger partial charge on any atom is -0.481 e. The number of nitrogens with two attached hydrogens (primary N) is 1. The molecule has 8 N–H and O–H groups in total. The van der Waals surface area contributed by atoms with Crippen LogP contribution < -0.4 is 21.7 Å². The average Bonchev–Trinajstić information content (AvgIpc) is 2.72. The van der Waals surface area contributed by atoms with Gasteiger partial charge in [-0.2, -0.15) is 11.8 Å². The fraction of sp³-hybridized carbons (Fsp3) is 0.700. The zero-order chi connectivity index (χ0) is 26.4. The van der Waals surface area contributed by atoms with Crippen molar-refractivity contribution in [2.24, 2.45) is 11.7 Å². The predicted molar refractivity (Wildman–Crippen MR) is 123 cm³/mol. The maximum absolute atomic E-state index is 12.8. The van der Waals surface area contributed by atoms with Gasteiger partial charge >= 0.3 is 17.9 Å². The molecule has 0 aliphatic carbocycles. The number of nitrogens with one attached hydrogen (secondary N) is 3. The van der Waals surface area contributed by atoms with Gasteiger partial charge in [-0.1, -0.05) is 13.8 Å². The van der Waals surface area contributed by atoms with E-state index in [0.29, 0.717) is 12.2 Å². The molecule has 0 aliphatic rings. The van der Waals surface area contributed by atoms with E-state index in [1.165, 1.54) is 11.8 Å². The lowest BCUT2D eigenvalue weighted by molar-refractivity contribution is -0.144. The van der Waals surface area contributed by atoms with Gasteiger partial charge in [-0.3, -0.25) is 24.0 Å². The molecule has 14 heteroatoms. The van der Waals surface area contributed by atoms with E-state index in [1.807, 2.05) is 6.26 Å². The Morgan fingerprint density at radius 2 is 1.32 bits per heavy atom. The molecule has 0 rings (SSSR count). The van der Waals surface area contributed by atoms with Crippen LogP contribution in [0.2, 0.25) is 0 Å². The van der Waals surface area contributed by atoms with Crippen molar-refractivity contribution in [3.8, 4) is 0 Å². The van der Waals surface area contributed by atoms with E-state index in [9.17, 15) is 33.9 Å². The smallest absolute Gasteiger partial charge is 0.326 e. The van der Waals surface area contributed by atoms with Crippen LogP contribution in [0.5, 0.6) is 0 Å². The Balaban J connectivity index is 5.48. The SMILES string of the molecule is CSCCC(N)C(=O)NC(CC(=O)O)C(=O)NC(CC(C)C)C(=O)NC(CCC(=O)O)C(=O)O. The van der Waals surface area contributed by atoms with Gasteiger partial charge in [-0.15, -0.1) is 0 Å². The molecule has 0 radical (unpaired) electrons. The zero-order valence-corrected chi connectivity index (χ0v) is 20.2. The summed E-state index contributed by atoms with van der Waals surface area (Å²) in [6.07, 6.45) is 0.566. The summed E-state index contributed by atoms with van der Waals surface area (Å²) >= 11 is 1.46. The summed E-state index contributed by atoms with van der Waals surface area (Å²) in [4.78, 5) is 71.1. The Morgan fingerprint density at radius 1 is 0.794 bits per heavy atom. The van der Waals surface area contributed by atoms with Crippen molar-refractivity contribution in [1.82, 2.24) is 16.0 Å². The highest BCUT2D eigenvalue weighted by Crippen LogP contribution is 2.08. The van der Waals surface area contributed by atoms with Crippen LogP contribution in [0.25, 0.3) is 0 Å². The molecule has 4 unspecified atom stereocenters. The monoisotopic (exact) mass is 506 g/mol. The lowest BCUT2D eigenvalue weighted by Gasteiger charge is -2.25. The first kappa shape index (κ1) is 31.1. The Morgan fingerprint density at radius 3 is 1.79 bits per heavy atom. The number of amides is 3. The summed E-state index contributed by atoms with van der Waals surface area (Å²) in [5.74, 6) is -6.17. The van der Waals surface area contributed by atoms with Crippen molar-refractivity contribution in [1.29, 1.82) is 0 Å². The minimum absolute atomic E-state index is 0.0732. The van der Waals surface area contributed by atoms with Crippen LogP contribution in [0.3, 0.4) is 0 Å². The molecule has 4 atom stereocenters. The minimum atomic E-state index is -1.52. The fourth-order valence-corrected chi connectivity index (χ4v) is 3.30. The van der Waals surface area contributed by atoms with E-state index in [4.69, 9.17) is 15.9 Å². The third-order valence-electron chi connectivity index (χ3n) is 4.58. The van der Waals surface area contributed by atoms with Crippen molar-refractivity contribution in [3.05, 3.63) is 0 Å². The zero-order valence-electron chi connectivity index (χ0n) is 19.4. The second kappa shape index (κ2) is 15.9. The third kappa shape index (κ3) is 13.0. The second-order valence-electron chi connectivity index (χ2n) is 8.07. The highest BCUT2D eigenvalue weighted by atomic mass is 32.2. The number of carboxylic acid groups (broad SMARTS) is 3. The van der Waals surface area contributed by atoms with Gasteiger partial charge in [0.25, 0.3) is 0 Å². The Bertz CT molecular complexity index is 748. The molecular weight excluding hydrogens is 472 g/mol. The summed E-state index contributed by atoms with van der Waals surface area (Å²) in [5.41, 5.74) is 5.76. The summed E-state index contributed by atoms with van der Waals surface area (Å²) in [6.45, 7) is 3.49. The number of thioether (sulfide) groups is 1. The number of carbonyl (C=O) groups excluding carboxylic acids is 3. The Labute approximate surface area is 201 Å². The van der Waals surface area contributed by atoms with Crippen molar-refractivity contribution in [2.45, 2.75) is 70.1 Å². The quantitative estimate of drug-likeness (QED) is 0.126. The van der Waals surface area contributed by atoms with Gasteiger partial charge < -0.3 is 37.0 Å². The number of rotatable bonds is 17. The van der Waals surface area contributed by atoms with Gasteiger partial charge in [0.2, 0.25) is 17.7 Å². The van der Waals surface area contributed by atoms with E-state index < -0.39 is 72.6 Å². The maximum Gasteiger partial charge on any atom is 0.326 e. The molecule has 194 valence electrons. The van der Waals surface area contributed by atoms with E-state index in [-0.39, 0.29) is 18.8 Å². The summed E-state index contributed by atoms with van der Waals surface area (Å²) < 4.78 is 0. The molecule has 0 saturated heterocycles. The van der Waals surface area contributed by atoms with Crippen LogP contribution in [0.15, 0.2) is 0 Å². The van der Waals surface area contributed by atoms with Gasteiger partial charge in [0.15, 0.2) is 0 Å². The number of hydrogen-bond acceptors (Lipinski definition) is 8. The first-order valence-electron chi connectivity index (χ1n) is 10.6. The summed E-state index contributed by atoms with van der Waals surface area (Å²) in [7, 11) is 0. The number of hydrogen-bond donors (Lipinski definition) is 7. The van der Waals surface area contributed by atoms with Gasteiger partial charge in [0.05, 0.1) is 12.5 Å². The molecule has 0 fully saturated rings. The summed E-state index contributed by atoms with van der Waals surface area (Å²) in [5, 5.41) is 34.0. The first-order chi connectivity index (χ1) is 15.8. The highest BCUT2D eigenvalue weighted by Gasteiger charge is 2.31. The molecule has 0 aromatic rings. The molecule has 13 nitrogen and oxygen atoms in total. The van der Waals surface area contributed by atoms with Crippen molar-refractivity contribution in [2.75, 3.05) is 12.0 Å².